The van der Waals surface area contributed by atoms with Gasteiger partial charge in [0.1, 0.15) is 0 Å². The first-order chi connectivity index (χ1) is 15.6. The molecule has 2 fully saturated rings. The first kappa shape index (κ1) is 24.4. The van der Waals surface area contributed by atoms with Crippen molar-refractivity contribution in [2.75, 3.05) is 19.6 Å². The van der Waals surface area contributed by atoms with Crippen molar-refractivity contribution < 1.29 is 41.4 Å². The van der Waals surface area contributed by atoms with Gasteiger partial charge in [0.05, 0.1) is 0 Å². The highest BCUT2D eigenvalue weighted by atomic mass is 19.4. The molecule has 0 aliphatic carbocycles. The van der Waals surface area contributed by atoms with Crippen LogP contribution in [0, 0.1) is 12.7 Å². The number of hydrogen-bond acceptors (Lipinski definition) is 7. The van der Waals surface area contributed by atoms with Gasteiger partial charge in [-0.25, -0.2) is 9.18 Å². The van der Waals surface area contributed by atoms with E-state index in [0.717, 1.165) is 25.9 Å². The number of alkyl halides is 3. The van der Waals surface area contributed by atoms with E-state index in [1.165, 1.54) is 12.1 Å². The predicted octanol–water partition coefficient (Wildman–Crippen LogP) is 2.55. The molecule has 0 radical (unpaired) electrons. The van der Waals surface area contributed by atoms with E-state index in [2.05, 4.69) is 15.5 Å². The first-order valence-corrected chi connectivity index (χ1v) is 10.1. The van der Waals surface area contributed by atoms with Crippen LogP contribution in [-0.4, -0.2) is 70.0 Å². The summed E-state index contributed by atoms with van der Waals surface area (Å²) in [6.07, 6.45) is -3.24. The summed E-state index contributed by atoms with van der Waals surface area (Å²) >= 11 is 0. The molecular weight excluding hydrogens is 452 g/mol. The van der Waals surface area contributed by atoms with Gasteiger partial charge in [-0.05, 0) is 44.1 Å². The Bertz CT molecular complexity index is 991. The van der Waals surface area contributed by atoms with Gasteiger partial charge in [0.25, 0.3) is 5.91 Å². The molecule has 4 rings (SSSR count). The Hall–Kier alpha value is -3.22. The number of likely N-dealkylation sites (tertiary alicyclic amines) is 1. The number of aliphatic carboxylic acids is 1. The Labute approximate surface area is 185 Å². The zero-order valence-corrected chi connectivity index (χ0v) is 17.6. The lowest BCUT2D eigenvalue weighted by Gasteiger charge is -2.31. The number of carbonyl (C=O) groups excluding carboxylic acids is 1. The van der Waals surface area contributed by atoms with Gasteiger partial charge in [-0.3, -0.25) is 4.79 Å². The lowest BCUT2D eigenvalue weighted by Crippen LogP contribution is -2.45. The largest absolute Gasteiger partial charge is 0.490 e. The van der Waals surface area contributed by atoms with E-state index in [1.807, 2.05) is 4.90 Å². The minimum Gasteiger partial charge on any atom is -0.477 e. The molecule has 2 N–H and O–H groups in total. The minimum absolute atomic E-state index is 0.0482. The molecule has 2 saturated heterocycles. The summed E-state index contributed by atoms with van der Waals surface area (Å²) in [5, 5.41) is 18.0. The summed E-state index contributed by atoms with van der Waals surface area (Å²) in [6, 6.07) is 4.69. The van der Waals surface area contributed by atoms with Gasteiger partial charge < -0.3 is 24.5 Å². The number of ether oxygens (including phenoxy) is 1. The Balaban J connectivity index is 0.000000383. The van der Waals surface area contributed by atoms with Crippen LogP contribution in [0.15, 0.2) is 22.6 Å². The van der Waals surface area contributed by atoms with E-state index in [-0.39, 0.29) is 23.6 Å². The van der Waals surface area contributed by atoms with Crippen molar-refractivity contribution in [2.24, 2.45) is 0 Å². The molecule has 1 unspecified atom stereocenters. The molecule has 1 atom stereocenters. The number of carbonyl (C=O) groups is 2. The van der Waals surface area contributed by atoms with E-state index in [0.29, 0.717) is 24.4 Å². The van der Waals surface area contributed by atoms with Gasteiger partial charge in [0.15, 0.2) is 17.7 Å². The number of nitrogens with zero attached hydrogens (tertiary/aromatic N) is 3. The normalized spacial score (nSPS) is 19.2. The Morgan fingerprint density at radius 2 is 1.91 bits per heavy atom. The maximum Gasteiger partial charge on any atom is 0.490 e. The lowest BCUT2D eigenvalue weighted by molar-refractivity contribution is -0.192. The highest BCUT2D eigenvalue weighted by Gasteiger charge is 2.39. The van der Waals surface area contributed by atoms with Gasteiger partial charge in [-0.15, -0.1) is 10.2 Å². The molecule has 2 aliphatic heterocycles. The maximum atomic E-state index is 14.4. The summed E-state index contributed by atoms with van der Waals surface area (Å²) in [5.41, 5.74) is 0.476. The molecule has 0 bridgehead atoms. The molecule has 1 amide bonds. The number of carboxylic acid groups (broad SMARTS) is 1. The zero-order valence-electron chi connectivity index (χ0n) is 17.6. The summed E-state index contributed by atoms with van der Waals surface area (Å²) in [4.78, 5) is 23.4. The zero-order chi connectivity index (χ0) is 24.2. The molecule has 9 nitrogen and oxygen atoms in total. The average Bonchev–Trinajstić information content (AvgIpc) is 3.36. The molecule has 0 saturated carbocycles. The Morgan fingerprint density at radius 3 is 2.45 bits per heavy atom. The van der Waals surface area contributed by atoms with Crippen molar-refractivity contribution in [3.8, 4) is 17.2 Å². The van der Waals surface area contributed by atoms with Crippen LogP contribution >= 0.6 is 0 Å². The van der Waals surface area contributed by atoms with Crippen LogP contribution in [0.3, 0.4) is 0 Å². The Kier molecular flexibility index (Phi) is 7.51. The SMILES string of the molecule is Cc1nnc(-c2ccc(OC3CCN(C4CCNCC4)C3=O)c(F)c2)o1.O=C(O)C(F)(F)F. The minimum atomic E-state index is -5.08. The second kappa shape index (κ2) is 10.1. The van der Waals surface area contributed by atoms with Crippen LogP contribution in [-0.2, 0) is 9.59 Å². The van der Waals surface area contributed by atoms with Crippen LogP contribution in [0.1, 0.15) is 25.2 Å². The second-order valence-corrected chi connectivity index (χ2v) is 7.48. The third-order valence-corrected chi connectivity index (χ3v) is 5.16. The molecule has 13 heteroatoms. The van der Waals surface area contributed by atoms with E-state index >= 15 is 0 Å². The van der Waals surface area contributed by atoms with Crippen LogP contribution in [0.4, 0.5) is 17.6 Å². The molecule has 1 aromatic heterocycles. The molecule has 2 aliphatic rings. The fraction of sp³-hybridized carbons (Fsp3) is 0.500. The van der Waals surface area contributed by atoms with Crippen LogP contribution < -0.4 is 10.1 Å². The summed E-state index contributed by atoms with van der Waals surface area (Å²) in [7, 11) is 0. The molecule has 33 heavy (non-hydrogen) atoms. The van der Waals surface area contributed by atoms with Crippen molar-refractivity contribution >= 4 is 11.9 Å². The lowest BCUT2D eigenvalue weighted by atomic mass is 10.1. The third kappa shape index (κ3) is 6.18. The van der Waals surface area contributed by atoms with Crippen LogP contribution in [0.5, 0.6) is 5.75 Å². The number of piperidine rings is 1. The number of rotatable bonds is 4. The van der Waals surface area contributed by atoms with E-state index in [1.54, 1.807) is 13.0 Å². The monoisotopic (exact) mass is 474 g/mol. The molecule has 0 spiro atoms. The van der Waals surface area contributed by atoms with Crippen molar-refractivity contribution in [2.45, 2.75) is 44.5 Å². The Morgan fingerprint density at radius 1 is 1.24 bits per heavy atom. The second-order valence-electron chi connectivity index (χ2n) is 7.48. The van der Waals surface area contributed by atoms with Gasteiger partial charge >= 0.3 is 12.1 Å². The maximum absolute atomic E-state index is 14.4. The molecular formula is C20H22F4N4O5. The van der Waals surface area contributed by atoms with Crippen molar-refractivity contribution in [3.63, 3.8) is 0 Å². The van der Waals surface area contributed by atoms with Gasteiger partial charge in [0.2, 0.25) is 11.8 Å². The highest BCUT2D eigenvalue weighted by Crippen LogP contribution is 2.28. The fourth-order valence-electron chi connectivity index (χ4n) is 3.56. The number of aryl methyl sites for hydroxylation is 1. The van der Waals surface area contributed by atoms with Crippen LogP contribution in [0.2, 0.25) is 0 Å². The summed E-state index contributed by atoms with van der Waals surface area (Å²) < 4.78 is 57.2. The number of benzene rings is 1. The smallest absolute Gasteiger partial charge is 0.477 e. The molecule has 2 aromatic rings. The number of carboxylic acids is 1. The van der Waals surface area contributed by atoms with E-state index in [9.17, 15) is 22.4 Å². The van der Waals surface area contributed by atoms with Gasteiger partial charge in [0, 0.05) is 31.5 Å². The fourth-order valence-corrected chi connectivity index (χ4v) is 3.56. The van der Waals surface area contributed by atoms with E-state index < -0.39 is 24.1 Å². The van der Waals surface area contributed by atoms with Crippen LogP contribution in [0.25, 0.3) is 11.5 Å². The summed E-state index contributed by atoms with van der Waals surface area (Å²) in [5.74, 6) is -2.63. The molecule has 3 heterocycles. The van der Waals surface area contributed by atoms with Crippen molar-refractivity contribution in [1.29, 1.82) is 0 Å². The molecule has 180 valence electrons. The van der Waals surface area contributed by atoms with Gasteiger partial charge in [-0.1, -0.05) is 0 Å². The topological polar surface area (TPSA) is 118 Å². The number of amides is 1. The van der Waals surface area contributed by atoms with E-state index in [4.69, 9.17) is 19.1 Å². The van der Waals surface area contributed by atoms with Crippen molar-refractivity contribution in [1.82, 2.24) is 20.4 Å². The van der Waals surface area contributed by atoms with Crippen molar-refractivity contribution in [3.05, 3.63) is 29.9 Å². The predicted molar refractivity (Wildman–Crippen MR) is 105 cm³/mol. The number of hydrogen-bond donors (Lipinski definition) is 2. The quantitative estimate of drug-likeness (QED) is 0.650. The first-order valence-electron chi connectivity index (χ1n) is 10.1. The molecule has 1 aromatic carbocycles. The average molecular weight is 474 g/mol. The highest BCUT2D eigenvalue weighted by molar-refractivity contribution is 5.83. The standard InChI is InChI=1S/C18H21FN4O3.C2HF3O2/c1-11-21-22-17(25-11)12-2-3-15(14(19)10-12)26-16-6-9-23(18(16)24)13-4-7-20-8-5-13;3-2(4,5)1(6)7/h2-3,10,13,16,20H,4-9H2,1H3;(H,6,7). The number of aromatic nitrogens is 2. The number of halogens is 4. The number of nitrogens with one attached hydrogen (secondary N) is 1. The summed E-state index contributed by atoms with van der Waals surface area (Å²) in [6.45, 7) is 4.18. The van der Waals surface area contributed by atoms with Gasteiger partial charge in [-0.2, -0.15) is 13.2 Å². The third-order valence-electron chi connectivity index (χ3n) is 5.16.